The molecule has 2 aliphatic rings. The number of aliphatic hydroxyl groups excluding tert-OH is 1. The number of methoxy groups -OCH3 is 2. The van der Waals surface area contributed by atoms with Gasteiger partial charge in [0.15, 0.2) is 5.84 Å². The van der Waals surface area contributed by atoms with E-state index in [4.69, 9.17) is 14.2 Å². The molecule has 0 bridgehead atoms. The molecule has 12 nitrogen and oxygen atoms in total. The van der Waals surface area contributed by atoms with Crippen LogP contribution in [0.15, 0.2) is 52.8 Å². The summed E-state index contributed by atoms with van der Waals surface area (Å²) in [7, 11) is 3.08. The molecule has 3 rings (SSSR count). The highest BCUT2D eigenvalue weighted by Crippen LogP contribution is 2.28. The number of carbonyl (C=O) groups excluding carboxylic acids is 2. The first-order valence-electron chi connectivity index (χ1n) is 13.3. The molecule has 2 amide bonds. The standard InChI is InChI=1S/C28H40N6O6/c1-6-8-21(26-30-31-32-34(26)20(3)18-35)10-7-9-19(2)29-27(36)24-15-23-17-33(28(37)40-14-13-38-4)12-11-22(23)16-25(24)39-5/h7-10,15-16,20,31-32,35H,6,11-14,17-18H2,1-5H3,(H,29,36)/b10-7-,19-9+,21-8-. The molecule has 0 saturated carbocycles. The number of hydrazone groups is 1. The van der Waals surface area contributed by atoms with Crippen LogP contribution in [0.25, 0.3) is 0 Å². The SMILES string of the molecule is CC/C=C(/C=C\C=C(/C)NC(=O)c1cc2c(cc1OC)CCN(C(=O)OCCOC)C2)C1=NNNN1C(C)CO. The fourth-order valence-electron chi connectivity index (χ4n) is 4.27. The van der Waals surface area contributed by atoms with Gasteiger partial charge in [0.1, 0.15) is 12.4 Å². The fraction of sp³-hybridized carbons (Fsp3) is 0.464. The van der Waals surface area contributed by atoms with Gasteiger partial charge in [-0.2, -0.15) is 0 Å². The second-order valence-corrected chi connectivity index (χ2v) is 9.39. The Hall–Kier alpha value is -3.87. The topological polar surface area (TPSA) is 137 Å². The highest BCUT2D eigenvalue weighted by Gasteiger charge is 2.26. The van der Waals surface area contributed by atoms with Gasteiger partial charge in [0, 0.05) is 31.5 Å². The van der Waals surface area contributed by atoms with E-state index in [1.165, 1.54) is 7.11 Å². The van der Waals surface area contributed by atoms with Crippen LogP contribution in [0.3, 0.4) is 0 Å². The molecule has 0 fully saturated rings. The van der Waals surface area contributed by atoms with E-state index < -0.39 is 6.09 Å². The number of hydrazine groups is 2. The van der Waals surface area contributed by atoms with Crippen molar-refractivity contribution in [1.29, 1.82) is 0 Å². The van der Waals surface area contributed by atoms with Crippen molar-refractivity contribution in [2.24, 2.45) is 5.10 Å². The van der Waals surface area contributed by atoms with Crippen LogP contribution in [0, 0.1) is 0 Å². The Bertz CT molecular complexity index is 1180. The van der Waals surface area contributed by atoms with Crippen LogP contribution >= 0.6 is 0 Å². The number of carbonyl (C=O) groups is 2. The van der Waals surface area contributed by atoms with Crippen molar-refractivity contribution < 1.29 is 28.9 Å². The van der Waals surface area contributed by atoms with Gasteiger partial charge in [0.05, 0.1) is 31.9 Å². The van der Waals surface area contributed by atoms with Gasteiger partial charge in [0.2, 0.25) is 0 Å². The number of nitrogens with one attached hydrogen (secondary N) is 3. The summed E-state index contributed by atoms with van der Waals surface area (Å²) in [6, 6.07) is 3.46. The van der Waals surface area contributed by atoms with E-state index in [0.29, 0.717) is 49.0 Å². The molecule has 0 aromatic heterocycles. The number of amides is 2. The maximum absolute atomic E-state index is 13.2. The van der Waals surface area contributed by atoms with Crippen LogP contribution in [0.5, 0.6) is 5.75 Å². The average Bonchev–Trinajstić information content (AvgIpc) is 3.45. The number of nitrogens with zero attached hydrogens (tertiary/aromatic N) is 3. The summed E-state index contributed by atoms with van der Waals surface area (Å²) < 4.78 is 15.7. The van der Waals surface area contributed by atoms with Crippen molar-refractivity contribution in [2.75, 3.05) is 40.6 Å². The van der Waals surface area contributed by atoms with Crippen LogP contribution < -0.4 is 21.1 Å². The van der Waals surface area contributed by atoms with E-state index in [0.717, 1.165) is 23.1 Å². The van der Waals surface area contributed by atoms with Gasteiger partial charge in [0.25, 0.3) is 5.91 Å². The van der Waals surface area contributed by atoms with Gasteiger partial charge >= 0.3 is 6.09 Å². The normalized spacial score (nSPS) is 16.4. The highest BCUT2D eigenvalue weighted by molar-refractivity contribution is 6.01. The largest absolute Gasteiger partial charge is 0.496 e. The Morgan fingerprint density at radius 3 is 2.75 bits per heavy atom. The van der Waals surface area contributed by atoms with Gasteiger partial charge < -0.3 is 29.5 Å². The molecule has 0 saturated heterocycles. The zero-order chi connectivity index (χ0) is 29.1. The third-order valence-corrected chi connectivity index (χ3v) is 6.43. The molecule has 0 aliphatic carbocycles. The second-order valence-electron chi connectivity index (χ2n) is 9.39. The number of allylic oxidation sites excluding steroid dienone is 4. The summed E-state index contributed by atoms with van der Waals surface area (Å²) in [6.07, 6.45) is 8.56. The van der Waals surface area contributed by atoms with Crippen molar-refractivity contribution in [3.63, 3.8) is 0 Å². The van der Waals surface area contributed by atoms with Gasteiger partial charge in [-0.25, -0.2) is 10.3 Å². The molecule has 0 radical (unpaired) electrons. The Balaban J connectivity index is 1.71. The lowest BCUT2D eigenvalue weighted by Crippen LogP contribution is -2.48. The number of fused-ring (bicyclic) bond motifs is 1. The van der Waals surface area contributed by atoms with Crippen LogP contribution in [0.2, 0.25) is 0 Å². The number of benzene rings is 1. The smallest absolute Gasteiger partial charge is 0.410 e. The number of aliphatic hydroxyl groups is 1. The number of hydrogen-bond donors (Lipinski definition) is 4. The van der Waals surface area contributed by atoms with Crippen molar-refractivity contribution in [3.8, 4) is 5.75 Å². The summed E-state index contributed by atoms with van der Waals surface area (Å²) in [5.41, 5.74) is 9.42. The molecule has 40 heavy (non-hydrogen) atoms. The Labute approximate surface area is 235 Å². The van der Waals surface area contributed by atoms with E-state index in [1.807, 2.05) is 38.1 Å². The van der Waals surface area contributed by atoms with Crippen LogP contribution in [0.4, 0.5) is 4.79 Å². The molecule has 1 aromatic carbocycles. The van der Waals surface area contributed by atoms with E-state index in [1.54, 1.807) is 36.1 Å². The summed E-state index contributed by atoms with van der Waals surface area (Å²) in [5, 5.41) is 18.5. The molecule has 2 heterocycles. The third-order valence-electron chi connectivity index (χ3n) is 6.43. The fourth-order valence-corrected chi connectivity index (χ4v) is 4.27. The maximum atomic E-state index is 13.2. The van der Waals surface area contributed by atoms with Crippen LogP contribution in [0.1, 0.15) is 48.7 Å². The molecule has 4 N–H and O–H groups in total. The number of amidine groups is 1. The molecule has 1 unspecified atom stereocenters. The highest BCUT2D eigenvalue weighted by atomic mass is 16.6. The predicted molar refractivity (Wildman–Crippen MR) is 151 cm³/mol. The minimum Gasteiger partial charge on any atom is -0.496 e. The molecule has 1 aromatic rings. The zero-order valence-corrected chi connectivity index (χ0v) is 23.8. The van der Waals surface area contributed by atoms with Crippen molar-refractivity contribution in [1.82, 2.24) is 26.3 Å². The Kier molecular flexibility index (Phi) is 11.5. The van der Waals surface area contributed by atoms with Crippen LogP contribution in [-0.2, 0) is 22.4 Å². The minimum absolute atomic E-state index is 0.0372. The monoisotopic (exact) mass is 556 g/mol. The van der Waals surface area contributed by atoms with Gasteiger partial charge in [-0.05, 0) is 56.0 Å². The minimum atomic E-state index is -0.407. The molecule has 0 spiro atoms. The Morgan fingerprint density at radius 2 is 2.05 bits per heavy atom. The third kappa shape index (κ3) is 7.84. The lowest BCUT2D eigenvalue weighted by molar-refractivity contribution is 0.0688. The molecule has 218 valence electrons. The van der Waals surface area contributed by atoms with Crippen molar-refractivity contribution in [2.45, 2.75) is 46.2 Å². The van der Waals surface area contributed by atoms with Gasteiger partial charge in [-0.15, -0.1) is 10.6 Å². The first-order chi connectivity index (χ1) is 19.3. The van der Waals surface area contributed by atoms with Crippen LogP contribution in [-0.4, -0.2) is 79.5 Å². The summed E-state index contributed by atoms with van der Waals surface area (Å²) in [6.45, 7) is 7.05. The molecule has 2 aliphatic heterocycles. The lowest BCUT2D eigenvalue weighted by atomic mass is 9.96. The van der Waals surface area contributed by atoms with E-state index in [2.05, 4.69) is 21.5 Å². The number of rotatable bonds is 12. The van der Waals surface area contributed by atoms with E-state index in [9.17, 15) is 14.7 Å². The predicted octanol–water partition coefficient (Wildman–Crippen LogP) is 2.38. The number of ether oxygens (including phenoxy) is 3. The molecule has 12 heteroatoms. The average molecular weight is 557 g/mol. The van der Waals surface area contributed by atoms with Crippen molar-refractivity contribution in [3.05, 3.63) is 64.4 Å². The maximum Gasteiger partial charge on any atom is 0.410 e. The Morgan fingerprint density at radius 1 is 1.25 bits per heavy atom. The molecule has 1 atom stereocenters. The summed E-state index contributed by atoms with van der Waals surface area (Å²) in [4.78, 5) is 27.2. The first-order valence-corrected chi connectivity index (χ1v) is 13.3. The van der Waals surface area contributed by atoms with Gasteiger partial charge in [-0.1, -0.05) is 25.2 Å². The summed E-state index contributed by atoms with van der Waals surface area (Å²) in [5.74, 6) is 0.814. The quantitative estimate of drug-likeness (QED) is 0.226. The second kappa shape index (κ2) is 15.1. The van der Waals surface area contributed by atoms with Crippen molar-refractivity contribution >= 4 is 17.8 Å². The lowest BCUT2D eigenvalue weighted by Gasteiger charge is -2.29. The summed E-state index contributed by atoms with van der Waals surface area (Å²) >= 11 is 0. The molecular weight excluding hydrogens is 516 g/mol. The van der Waals surface area contributed by atoms with E-state index >= 15 is 0 Å². The zero-order valence-electron chi connectivity index (χ0n) is 23.8. The van der Waals surface area contributed by atoms with E-state index in [-0.39, 0.29) is 25.2 Å². The number of hydrogen-bond acceptors (Lipinski definition) is 10. The molecular formula is C28H40N6O6. The first kappa shape index (κ1) is 30.7. The van der Waals surface area contributed by atoms with Gasteiger partial charge in [-0.3, -0.25) is 9.80 Å².